The van der Waals surface area contributed by atoms with E-state index in [9.17, 15) is 22.8 Å². The minimum atomic E-state index is -4.70. The topological polar surface area (TPSA) is 113 Å². The summed E-state index contributed by atoms with van der Waals surface area (Å²) < 4.78 is 39.2. The predicted octanol–water partition coefficient (Wildman–Crippen LogP) is 5.14. The first kappa shape index (κ1) is 26.0. The lowest BCUT2D eigenvalue weighted by Crippen LogP contribution is -2.28. The quantitative estimate of drug-likeness (QED) is 0.411. The summed E-state index contributed by atoms with van der Waals surface area (Å²) >= 11 is 6.52. The summed E-state index contributed by atoms with van der Waals surface area (Å²) in [7, 11) is 0. The van der Waals surface area contributed by atoms with Crippen LogP contribution < -0.4 is 15.5 Å². The van der Waals surface area contributed by atoms with Crippen LogP contribution in [-0.2, 0) is 6.18 Å². The molecule has 2 amide bonds. The highest BCUT2D eigenvalue weighted by atomic mass is 35.5. The fraction of sp³-hybridized carbons (Fsp3) is 0.174. The smallest absolute Gasteiger partial charge is 0.342 e. The van der Waals surface area contributed by atoms with Crippen LogP contribution in [0.4, 0.5) is 24.8 Å². The number of alkyl halides is 3. The molecule has 1 atom stereocenters. The molecule has 0 unspecified atom stereocenters. The van der Waals surface area contributed by atoms with Crippen molar-refractivity contribution in [2.24, 2.45) is 0 Å². The Hall–Kier alpha value is -4.06. The van der Waals surface area contributed by atoms with E-state index in [0.29, 0.717) is 16.9 Å². The zero-order chi connectivity index (χ0) is 26.7. The summed E-state index contributed by atoms with van der Waals surface area (Å²) in [5.74, 6) is -1.03. The minimum Gasteiger partial charge on any atom is -0.342 e. The third-order valence-corrected chi connectivity index (χ3v) is 6.46. The molecule has 14 heteroatoms. The number of carbonyl (C=O) groups is 2. The van der Waals surface area contributed by atoms with Crippen molar-refractivity contribution in [3.8, 4) is 0 Å². The molecule has 9 nitrogen and oxygen atoms in total. The third kappa shape index (κ3) is 6.02. The number of aromatic nitrogens is 4. The average Bonchev–Trinajstić information content (AvgIpc) is 3.36. The van der Waals surface area contributed by atoms with E-state index < -0.39 is 34.6 Å². The van der Waals surface area contributed by atoms with Crippen molar-refractivity contribution in [3.63, 3.8) is 0 Å². The largest absolute Gasteiger partial charge is 0.418 e. The Kier molecular flexibility index (Phi) is 7.39. The number of nitrogens with zero attached hydrogens (tertiary/aromatic N) is 5. The maximum absolute atomic E-state index is 13.1. The number of amides is 2. The van der Waals surface area contributed by atoms with Crippen LogP contribution in [0.2, 0.25) is 5.02 Å². The molecule has 0 aromatic carbocycles. The molecule has 0 saturated heterocycles. The van der Waals surface area contributed by atoms with Crippen LogP contribution in [-0.4, -0.2) is 31.8 Å². The number of halogens is 4. The first-order valence-electron chi connectivity index (χ1n) is 10.5. The normalized spacial score (nSPS) is 13.8. The summed E-state index contributed by atoms with van der Waals surface area (Å²) in [6.45, 7) is 3.51. The molecule has 0 spiro atoms. The van der Waals surface area contributed by atoms with E-state index in [2.05, 4.69) is 36.3 Å². The molecule has 0 fully saturated rings. The summed E-state index contributed by atoms with van der Waals surface area (Å²) in [4.78, 5) is 43.3. The molecule has 0 radical (unpaired) electrons. The highest BCUT2D eigenvalue weighted by Crippen LogP contribution is 2.35. The molecule has 2 N–H and O–H groups in total. The maximum Gasteiger partial charge on any atom is 0.418 e. The van der Waals surface area contributed by atoms with E-state index in [1.54, 1.807) is 30.2 Å². The van der Waals surface area contributed by atoms with E-state index >= 15 is 0 Å². The Morgan fingerprint density at radius 3 is 2.65 bits per heavy atom. The number of allylic oxidation sites excluding steroid dienone is 2. The summed E-state index contributed by atoms with van der Waals surface area (Å²) in [5.41, 5.74) is 2.84. The average molecular weight is 548 g/mol. The van der Waals surface area contributed by atoms with Gasteiger partial charge in [0.2, 0.25) is 0 Å². The number of hydrogen-bond donors (Lipinski definition) is 2. The number of nitrogens with one attached hydrogen (secondary N) is 2. The molecule has 190 valence electrons. The van der Waals surface area contributed by atoms with Gasteiger partial charge in [0.1, 0.15) is 33.5 Å². The number of pyridine rings is 1. The first-order chi connectivity index (χ1) is 17.5. The molecular formula is C23H17ClF3N7O2S. The van der Waals surface area contributed by atoms with Crippen LogP contribution in [0.25, 0.3) is 0 Å². The van der Waals surface area contributed by atoms with E-state index in [-0.39, 0.29) is 16.4 Å². The van der Waals surface area contributed by atoms with Crippen LogP contribution in [0.3, 0.4) is 0 Å². The number of thiazole rings is 1. The van der Waals surface area contributed by atoms with Gasteiger partial charge >= 0.3 is 6.18 Å². The minimum absolute atomic E-state index is 0.109. The van der Waals surface area contributed by atoms with Crippen LogP contribution >= 0.6 is 22.9 Å². The molecular weight excluding hydrogens is 531 g/mol. The van der Waals surface area contributed by atoms with Gasteiger partial charge in [0.25, 0.3) is 11.8 Å². The molecule has 37 heavy (non-hydrogen) atoms. The Bertz CT molecular complexity index is 1460. The second-order valence-electron chi connectivity index (χ2n) is 7.63. The van der Waals surface area contributed by atoms with Gasteiger partial charge in [-0.25, -0.2) is 19.9 Å². The van der Waals surface area contributed by atoms with E-state index in [4.69, 9.17) is 11.6 Å². The highest BCUT2D eigenvalue weighted by Gasteiger charge is 2.34. The van der Waals surface area contributed by atoms with Crippen molar-refractivity contribution < 1.29 is 22.8 Å². The fourth-order valence-corrected chi connectivity index (χ4v) is 4.18. The standard InChI is InChI=1S/C23H17ClF3N7O2S/c1-12-5-3-4-6-34(12)19-8-16(30-11-31-19)20(35)32-13(2)22-29-10-17(37-22)21(36)33-18-7-14(23(25,26)27)15(24)9-28-18/h3-4,6-11,13H,1-2H3,(H,32,35)(H,28,33,36)/t13-/m1/s1. The molecule has 0 aliphatic carbocycles. The molecule has 3 aromatic heterocycles. The van der Waals surface area contributed by atoms with Crippen LogP contribution in [0.5, 0.6) is 0 Å². The summed E-state index contributed by atoms with van der Waals surface area (Å²) in [6.07, 6.45) is 3.96. The van der Waals surface area contributed by atoms with E-state index in [1.165, 1.54) is 18.6 Å². The van der Waals surface area contributed by atoms with Gasteiger partial charge in [0, 0.05) is 18.5 Å². The fourth-order valence-electron chi connectivity index (χ4n) is 3.16. The van der Waals surface area contributed by atoms with Crippen LogP contribution in [0.15, 0.2) is 60.6 Å². The Labute approximate surface area is 217 Å². The third-order valence-electron chi connectivity index (χ3n) is 4.98. The molecule has 3 aromatic rings. The van der Waals surface area contributed by atoms with E-state index in [1.807, 2.05) is 6.92 Å². The highest BCUT2D eigenvalue weighted by molar-refractivity contribution is 7.13. The monoisotopic (exact) mass is 547 g/mol. The van der Waals surface area contributed by atoms with Crippen LogP contribution in [0, 0.1) is 0 Å². The van der Waals surface area contributed by atoms with Gasteiger partial charge in [-0.05, 0) is 32.1 Å². The zero-order valence-corrected chi connectivity index (χ0v) is 20.7. The molecule has 4 heterocycles. The van der Waals surface area contributed by atoms with Crippen LogP contribution in [0.1, 0.15) is 50.6 Å². The summed E-state index contributed by atoms with van der Waals surface area (Å²) in [6, 6.07) is 1.58. The lowest BCUT2D eigenvalue weighted by Gasteiger charge is -2.20. The van der Waals surface area contributed by atoms with E-state index in [0.717, 1.165) is 23.2 Å². The predicted molar refractivity (Wildman–Crippen MR) is 131 cm³/mol. The lowest BCUT2D eigenvalue weighted by molar-refractivity contribution is -0.137. The molecule has 1 aliphatic rings. The summed E-state index contributed by atoms with van der Waals surface area (Å²) in [5, 5.41) is 4.87. The maximum atomic E-state index is 13.1. The van der Waals surface area contributed by atoms with Crippen molar-refractivity contribution in [1.29, 1.82) is 0 Å². The molecule has 4 rings (SSSR count). The van der Waals surface area contributed by atoms with Crippen molar-refractivity contribution in [2.45, 2.75) is 26.1 Å². The Morgan fingerprint density at radius 1 is 1.14 bits per heavy atom. The molecule has 0 bridgehead atoms. The Morgan fingerprint density at radius 2 is 1.92 bits per heavy atom. The van der Waals surface area contributed by atoms with Gasteiger partial charge in [-0.15, -0.1) is 11.3 Å². The van der Waals surface area contributed by atoms with Gasteiger partial charge < -0.3 is 10.6 Å². The van der Waals surface area contributed by atoms with Crippen molar-refractivity contribution in [1.82, 2.24) is 25.3 Å². The number of anilines is 2. The lowest BCUT2D eigenvalue weighted by atomic mass is 10.2. The first-order valence-corrected chi connectivity index (χ1v) is 11.7. The van der Waals surface area contributed by atoms with Gasteiger partial charge in [-0.2, -0.15) is 13.2 Å². The van der Waals surface area contributed by atoms with Gasteiger partial charge in [0.15, 0.2) is 0 Å². The second kappa shape index (κ2) is 10.5. The van der Waals surface area contributed by atoms with Gasteiger partial charge in [-0.3, -0.25) is 14.5 Å². The SMILES string of the molecule is CC1=C=CC=CN1c1cc(C(=O)N[C@H](C)c2ncc(C(=O)Nc3cc(C(F)(F)F)c(Cl)cn3)s2)ncn1. The Balaban J connectivity index is 1.43. The van der Waals surface area contributed by atoms with Crippen molar-refractivity contribution >= 4 is 46.4 Å². The molecule has 1 aliphatic heterocycles. The number of hydrogen-bond acceptors (Lipinski definition) is 8. The molecule has 0 saturated carbocycles. The zero-order valence-electron chi connectivity index (χ0n) is 19.2. The van der Waals surface area contributed by atoms with Gasteiger partial charge in [0.05, 0.1) is 28.5 Å². The van der Waals surface area contributed by atoms with Crippen molar-refractivity contribution in [3.05, 3.63) is 86.8 Å². The second-order valence-corrected chi connectivity index (χ2v) is 9.10. The van der Waals surface area contributed by atoms with Crippen molar-refractivity contribution in [2.75, 3.05) is 10.2 Å². The number of carbonyl (C=O) groups excluding carboxylic acids is 2. The number of rotatable bonds is 6. The van der Waals surface area contributed by atoms with Gasteiger partial charge in [-0.1, -0.05) is 17.3 Å².